The van der Waals surface area contributed by atoms with Crippen LogP contribution in [-0.2, 0) is 9.53 Å². The Labute approximate surface area is 111 Å². The molecule has 1 aliphatic carbocycles. The van der Waals surface area contributed by atoms with Crippen LogP contribution in [-0.4, -0.2) is 30.7 Å². The quantitative estimate of drug-likeness (QED) is 0.730. The van der Waals surface area contributed by atoms with Gasteiger partial charge in [-0.3, -0.25) is 4.79 Å². The number of hydrogen-bond acceptors (Lipinski definition) is 3. The molecule has 1 saturated carbocycles. The molecule has 0 aromatic heterocycles. The molecule has 0 saturated heterocycles. The first kappa shape index (κ1) is 15.4. The van der Waals surface area contributed by atoms with E-state index in [1.165, 1.54) is 12.8 Å². The van der Waals surface area contributed by atoms with Gasteiger partial charge in [0.25, 0.3) is 0 Å². The molecule has 1 rings (SSSR count). The molecule has 0 bridgehead atoms. The average molecular weight is 256 g/mol. The number of primary amides is 1. The summed E-state index contributed by atoms with van der Waals surface area (Å²) in [6, 6.07) is 0. The highest BCUT2D eigenvalue weighted by Crippen LogP contribution is 2.26. The first-order chi connectivity index (χ1) is 8.48. The number of ether oxygens (including phenoxy) is 1. The van der Waals surface area contributed by atoms with Gasteiger partial charge in [-0.2, -0.15) is 0 Å². The smallest absolute Gasteiger partial charge is 0.237 e. The number of likely N-dealkylation sites (N-methyl/N-ethyl adjacent to an activating group) is 1. The molecule has 0 radical (unpaired) electrons. The highest BCUT2D eigenvalue weighted by molar-refractivity contribution is 5.84. The highest BCUT2D eigenvalue weighted by Gasteiger charge is 2.30. The van der Waals surface area contributed by atoms with Crippen LogP contribution in [0, 0.1) is 5.92 Å². The average Bonchev–Trinajstić information content (AvgIpc) is 2.29. The minimum Gasteiger partial charge on any atom is -0.378 e. The molecule has 1 amide bonds. The number of nitrogens with two attached hydrogens (primary N) is 1. The van der Waals surface area contributed by atoms with Crippen LogP contribution in [0.1, 0.15) is 52.9 Å². The number of carbonyl (C=O) groups excluding carboxylic acids is 1. The normalized spacial score (nSPS) is 27.7. The summed E-state index contributed by atoms with van der Waals surface area (Å²) in [5, 5.41) is 3.15. The summed E-state index contributed by atoms with van der Waals surface area (Å²) in [4.78, 5) is 11.4. The third-order valence-electron chi connectivity index (χ3n) is 3.95. The van der Waals surface area contributed by atoms with Crippen LogP contribution >= 0.6 is 0 Å². The van der Waals surface area contributed by atoms with Gasteiger partial charge in [0.2, 0.25) is 5.91 Å². The van der Waals surface area contributed by atoms with E-state index in [9.17, 15) is 4.79 Å². The Hall–Kier alpha value is -0.610. The van der Waals surface area contributed by atoms with Crippen LogP contribution in [0.5, 0.6) is 0 Å². The number of hydrogen-bond donors (Lipinski definition) is 2. The number of carbonyl (C=O) groups is 1. The molecule has 4 nitrogen and oxygen atoms in total. The van der Waals surface area contributed by atoms with Gasteiger partial charge in [0.1, 0.15) is 0 Å². The van der Waals surface area contributed by atoms with Gasteiger partial charge in [-0.15, -0.1) is 0 Å². The predicted octanol–water partition coefficient (Wildman–Crippen LogP) is 1.83. The van der Waals surface area contributed by atoms with Crippen LogP contribution < -0.4 is 11.1 Å². The molecule has 1 aliphatic rings. The third kappa shape index (κ3) is 4.58. The number of nitrogens with one attached hydrogen (secondary N) is 1. The standard InChI is InChI=1S/C14H28N2O2/c1-4-16-14(3,13(15)17)8-9-18-12-7-5-6-11(2)10-12/h11-12,16H,4-10H2,1-3H3,(H2,15,17). The first-order valence-electron chi connectivity index (χ1n) is 7.14. The van der Waals surface area contributed by atoms with E-state index >= 15 is 0 Å². The SMILES string of the molecule is CCNC(C)(CCOC1CCCC(C)C1)C(N)=O. The van der Waals surface area contributed by atoms with Crippen LogP contribution in [0.2, 0.25) is 0 Å². The summed E-state index contributed by atoms with van der Waals surface area (Å²) < 4.78 is 5.90. The molecule has 3 unspecified atom stereocenters. The zero-order valence-corrected chi connectivity index (χ0v) is 12.0. The van der Waals surface area contributed by atoms with Gasteiger partial charge in [0, 0.05) is 6.61 Å². The minimum absolute atomic E-state index is 0.301. The van der Waals surface area contributed by atoms with E-state index in [1.54, 1.807) is 0 Å². The summed E-state index contributed by atoms with van der Waals surface area (Å²) in [5.74, 6) is 0.463. The molecule has 18 heavy (non-hydrogen) atoms. The maximum absolute atomic E-state index is 11.4. The molecule has 0 spiro atoms. The van der Waals surface area contributed by atoms with Crippen molar-refractivity contribution in [3.63, 3.8) is 0 Å². The Bertz CT molecular complexity index is 271. The van der Waals surface area contributed by atoms with Gasteiger partial charge in [-0.1, -0.05) is 26.7 Å². The maximum Gasteiger partial charge on any atom is 0.237 e. The fourth-order valence-corrected chi connectivity index (χ4v) is 2.65. The first-order valence-corrected chi connectivity index (χ1v) is 7.14. The van der Waals surface area contributed by atoms with Gasteiger partial charge < -0.3 is 15.8 Å². The van der Waals surface area contributed by atoms with E-state index in [0.717, 1.165) is 25.3 Å². The lowest BCUT2D eigenvalue weighted by Gasteiger charge is -2.30. The lowest BCUT2D eigenvalue weighted by atomic mass is 9.88. The van der Waals surface area contributed by atoms with Crippen LogP contribution in [0.3, 0.4) is 0 Å². The molecule has 0 aromatic rings. The second-order valence-corrected chi connectivity index (χ2v) is 5.74. The Morgan fingerprint density at radius 2 is 2.22 bits per heavy atom. The molecular weight excluding hydrogens is 228 g/mol. The Balaban J connectivity index is 2.32. The van der Waals surface area contributed by atoms with E-state index in [0.29, 0.717) is 19.1 Å². The van der Waals surface area contributed by atoms with Gasteiger partial charge in [0.15, 0.2) is 0 Å². The second kappa shape index (κ2) is 7.10. The second-order valence-electron chi connectivity index (χ2n) is 5.74. The number of rotatable bonds is 7. The van der Waals surface area contributed by atoms with E-state index in [-0.39, 0.29) is 5.91 Å². The van der Waals surface area contributed by atoms with Crippen LogP contribution in [0.15, 0.2) is 0 Å². The van der Waals surface area contributed by atoms with Crippen molar-refractivity contribution in [3.8, 4) is 0 Å². The van der Waals surface area contributed by atoms with Crippen molar-refractivity contribution >= 4 is 5.91 Å². The molecule has 0 aromatic carbocycles. The topological polar surface area (TPSA) is 64.3 Å². The molecule has 106 valence electrons. The zero-order valence-electron chi connectivity index (χ0n) is 12.0. The van der Waals surface area contributed by atoms with Gasteiger partial charge >= 0.3 is 0 Å². The largest absolute Gasteiger partial charge is 0.378 e. The maximum atomic E-state index is 11.4. The van der Waals surface area contributed by atoms with Crippen molar-refractivity contribution in [2.75, 3.05) is 13.2 Å². The van der Waals surface area contributed by atoms with E-state index in [2.05, 4.69) is 12.2 Å². The summed E-state index contributed by atoms with van der Waals surface area (Å²) >= 11 is 0. The van der Waals surface area contributed by atoms with Crippen molar-refractivity contribution in [1.82, 2.24) is 5.32 Å². The fraction of sp³-hybridized carbons (Fsp3) is 0.929. The van der Waals surface area contributed by atoms with E-state index in [4.69, 9.17) is 10.5 Å². The monoisotopic (exact) mass is 256 g/mol. The lowest BCUT2D eigenvalue weighted by Crippen LogP contribution is -2.53. The summed E-state index contributed by atoms with van der Waals surface area (Å²) in [7, 11) is 0. The summed E-state index contributed by atoms with van der Waals surface area (Å²) in [6.07, 6.45) is 5.88. The van der Waals surface area contributed by atoms with Crippen LogP contribution in [0.25, 0.3) is 0 Å². The van der Waals surface area contributed by atoms with Crippen molar-refractivity contribution < 1.29 is 9.53 Å². The van der Waals surface area contributed by atoms with Crippen molar-refractivity contribution in [2.45, 2.75) is 64.5 Å². The van der Waals surface area contributed by atoms with Gasteiger partial charge in [-0.05, 0) is 38.6 Å². The lowest BCUT2D eigenvalue weighted by molar-refractivity contribution is -0.125. The Morgan fingerprint density at radius 1 is 1.50 bits per heavy atom. The molecule has 4 heteroatoms. The van der Waals surface area contributed by atoms with E-state index < -0.39 is 5.54 Å². The van der Waals surface area contributed by atoms with Crippen molar-refractivity contribution in [3.05, 3.63) is 0 Å². The molecule has 1 fully saturated rings. The highest BCUT2D eigenvalue weighted by atomic mass is 16.5. The number of amides is 1. The molecule has 3 atom stereocenters. The summed E-state index contributed by atoms with van der Waals surface area (Å²) in [6.45, 7) is 7.45. The van der Waals surface area contributed by atoms with E-state index in [1.807, 2.05) is 13.8 Å². The van der Waals surface area contributed by atoms with Gasteiger partial charge in [-0.25, -0.2) is 0 Å². The van der Waals surface area contributed by atoms with Crippen LogP contribution in [0.4, 0.5) is 0 Å². The third-order valence-corrected chi connectivity index (χ3v) is 3.95. The van der Waals surface area contributed by atoms with Crippen molar-refractivity contribution in [1.29, 1.82) is 0 Å². The minimum atomic E-state index is -0.644. The zero-order chi connectivity index (χ0) is 13.6. The molecule has 0 aliphatic heterocycles. The Kier molecular flexibility index (Phi) is 6.09. The molecular formula is C14H28N2O2. The Morgan fingerprint density at radius 3 is 2.78 bits per heavy atom. The van der Waals surface area contributed by atoms with Gasteiger partial charge in [0.05, 0.1) is 11.6 Å². The summed E-state index contributed by atoms with van der Waals surface area (Å²) in [5.41, 5.74) is 4.80. The fourth-order valence-electron chi connectivity index (χ4n) is 2.65. The van der Waals surface area contributed by atoms with Crippen molar-refractivity contribution in [2.24, 2.45) is 11.7 Å². The molecule has 0 heterocycles. The predicted molar refractivity (Wildman–Crippen MR) is 73.3 cm³/mol. The molecule has 3 N–H and O–H groups in total.